The Morgan fingerprint density at radius 1 is 0.300 bits per heavy atom. The fourth-order valence-electron chi connectivity index (χ4n) is 10.4. The van der Waals surface area contributed by atoms with Crippen LogP contribution in [0.1, 0.15) is 38.9 Å². The molecule has 9 aromatic carbocycles. The minimum atomic E-state index is -5.22. The summed E-state index contributed by atoms with van der Waals surface area (Å²) < 4.78 is 216. The molecule has 0 spiro atoms. The lowest BCUT2D eigenvalue weighted by molar-refractivity contribution is -0.144. The van der Waals surface area contributed by atoms with E-state index in [-0.39, 0.29) is 56.6 Å². The summed E-state index contributed by atoms with van der Waals surface area (Å²) in [6.07, 6.45) is -25.4. The van der Waals surface area contributed by atoms with Crippen LogP contribution in [0.5, 0.6) is 0 Å². The number of para-hydroxylation sites is 2. The molecule has 0 amide bonds. The summed E-state index contributed by atoms with van der Waals surface area (Å²) >= 11 is 0. The van der Waals surface area contributed by atoms with Gasteiger partial charge in [-0.25, -0.2) is 0 Å². The first kappa shape index (κ1) is 52.6. The Morgan fingerprint density at radius 3 is 1.12 bits per heavy atom. The van der Waals surface area contributed by atoms with E-state index in [1.807, 2.05) is 6.07 Å². The van der Waals surface area contributed by atoms with Crippen molar-refractivity contribution in [2.24, 2.45) is 0 Å². The molecule has 0 aliphatic heterocycles. The van der Waals surface area contributed by atoms with Crippen LogP contribution in [-0.4, -0.2) is 9.13 Å². The van der Waals surface area contributed by atoms with Gasteiger partial charge in [0, 0.05) is 32.7 Å². The molecule has 0 saturated heterocycles. The summed E-state index contributed by atoms with van der Waals surface area (Å²) in [4.78, 5) is 0. The fraction of sp³-hybridized carbons (Fsp3) is 0.0820. The van der Waals surface area contributed by atoms with Crippen LogP contribution in [0, 0.1) is 22.7 Å². The van der Waals surface area contributed by atoms with Gasteiger partial charge >= 0.3 is 30.9 Å². The van der Waals surface area contributed by atoms with E-state index >= 15 is 0 Å². The first-order chi connectivity index (χ1) is 37.7. The van der Waals surface area contributed by atoms with Crippen LogP contribution in [0.25, 0.3) is 99.5 Å². The highest BCUT2D eigenvalue weighted by Crippen LogP contribution is 2.48. The minimum absolute atomic E-state index is 0.0387. The Balaban J connectivity index is 1.19. The largest absolute Gasteiger partial charge is 0.417 e. The molecule has 0 fully saturated rings. The first-order valence-corrected chi connectivity index (χ1v) is 23.7. The van der Waals surface area contributed by atoms with Crippen molar-refractivity contribution in [2.45, 2.75) is 30.9 Å². The molecular formula is C61H29F15N4. The number of aromatic nitrogens is 2. The predicted octanol–water partition coefficient (Wildman–Crippen LogP) is 19.4. The maximum absolute atomic E-state index is 14.6. The third kappa shape index (κ3) is 9.07. The highest BCUT2D eigenvalue weighted by molar-refractivity contribution is 6.13. The third-order valence-electron chi connectivity index (χ3n) is 13.9. The second-order valence-electron chi connectivity index (χ2n) is 18.6. The summed E-state index contributed by atoms with van der Waals surface area (Å²) in [5.41, 5.74) is -5.76. The third-order valence-corrected chi connectivity index (χ3v) is 13.9. The minimum Gasteiger partial charge on any atom is -0.309 e. The Morgan fingerprint density at radius 2 is 0.688 bits per heavy atom. The van der Waals surface area contributed by atoms with E-state index in [1.54, 1.807) is 75.9 Å². The molecule has 0 saturated carbocycles. The van der Waals surface area contributed by atoms with Crippen LogP contribution in [0.4, 0.5) is 65.9 Å². The molecule has 80 heavy (non-hydrogen) atoms. The van der Waals surface area contributed by atoms with Crippen LogP contribution >= 0.6 is 0 Å². The standard InChI is InChI=1S/C61H29F15N4/c62-57(63,64)37-13-16-40(36(24-37)31-78)33-10-20-56(80-52-8-4-2-6-44(52)47-27-35(12-22-55(47)80)42-18-15-39(59(68,69)70)29-50(42)61(74,75)76)48(25-33)45-23-32(30-77)9-19-53(45)79-51-7-3-1-5-43(51)46-26-34(11-21-54(46)79)41-17-14-38(58(65,66)67)28-49(41)60(71,72)73/h1-29H. The van der Waals surface area contributed by atoms with Crippen molar-refractivity contribution in [1.29, 1.82) is 10.5 Å². The van der Waals surface area contributed by atoms with E-state index in [0.29, 0.717) is 73.2 Å². The maximum Gasteiger partial charge on any atom is 0.417 e. The van der Waals surface area contributed by atoms with E-state index in [1.165, 1.54) is 54.6 Å². The molecule has 0 radical (unpaired) electrons. The number of fused-ring (bicyclic) bond motifs is 6. The van der Waals surface area contributed by atoms with Crippen LogP contribution in [0.2, 0.25) is 0 Å². The molecule has 2 aromatic heterocycles. The van der Waals surface area contributed by atoms with Crippen LogP contribution in [-0.2, 0) is 30.9 Å². The summed E-state index contributed by atoms with van der Waals surface area (Å²) in [6, 6.07) is 40.3. The second kappa shape index (κ2) is 18.6. The molecule has 4 nitrogen and oxygen atoms in total. The summed E-state index contributed by atoms with van der Waals surface area (Å²) in [5.74, 6) is 0. The van der Waals surface area contributed by atoms with Gasteiger partial charge in [-0.2, -0.15) is 76.4 Å². The molecule has 11 aromatic rings. The van der Waals surface area contributed by atoms with Crippen molar-refractivity contribution in [1.82, 2.24) is 9.13 Å². The average Bonchev–Trinajstić information content (AvgIpc) is 3.93. The van der Waals surface area contributed by atoms with Crippen molar-refractivity contribution in [3.05, 3.63) is 215 Å². The van der Waals surface area contributed by atoms with Gasteiger partial charge in [0.05, 0.1) is 84.5 Å². The van der Waals surface area contributed by atoms with Gasteiger partial charge in [0.2, 0.25) is 0 Å². The molecule has 398 valence electrons. The monoisotopic (exact) mass is 1100 g/mol. The van der Waals surface area contributed by atoms with Crippen LogP contribution in [0.15, 0.2) is 176 Å². The Kier molecular flexibility index (Phi) is 12.2. The molecule has 0 bridgehead atoms. The van der Waals surface area contributed by atoms with Crippen LogP contribution < -0.4 is 0 Å². The molecule has 0 N–H and O–H groups in total. The van der Waals surface area contributed by atoms with Gasteiger partial charge in [0.1, 0.15) is 0 Å². The summed E-state index contributed by atoms with van der Waals surface area (Å²) in [6.45, 7) is 0. The first-order valence-electron chi connectivity index (χ1n) is 23.7. The summed E-state index contributed by atoms with van der Waals surface area (Å²) in [5, 5.41) is 22.3. The van der Waals surface area contributed by atoms with Crippen molar-refractivity contribution in [3.8, 4) is 68.0 Å². The molecule has 2 heterocycles. The normalized spacial score (nSPS) is 12.7. The highest BCUT2D eigenvalue weighted by Gasteiger charge is 2.40. The molecule has 0 unspecified atom stereocenters. The number of alkyl halides is 15. The second-order valence-corrected chi connectivity index (χ2v) is 18.6. The SMILES string of the molecule is N#Cc1ccc(-n2c3ccccc3c3cc(-c4ccc(C(F)(F)F)cc4C(F)(F)F)ccc32)c(-c2cc(-c3ccc(C(F)(F)F)cc3C#N)ccc2-n2c3ccccc3c3cc(-c4ccc(C(F)(F)F)cc4C(F)(F)F)ccc32)c1. The van der Waals surface area contributed by atoms with Gasteiger partial charge in [0.15, 0.2) is 0 Å². The van der Waals surface area contributed by atoms with Gasteiger partial charge in [-0.3, -0.25) is 0 Å². The molecule has 11 rings (SSSR count). The van der Waals surface area contributed by atoms with Gasteiger partial charge < -0.3 is 9.13 Å². The lowest BCUT2D eigenvalue weighted by Gasteiger charge is -2.20. The number of benzene rings is 9. The van der Waals surface area contributed by atoms with E-state index in [2.05, 4.69) is 6.07 Å². The van der Waals surface area contributed by atoms with Gasteiger partial charge in [-0.1, -0.05) is 72.8 Å². The number of hydrogen-bond acceptors (Lipinski definition) is 2. The Hall–Kier alpha value is -9.49. The number of halogens is 15. The lowest BCUT2D eigenvalue weighted by Crippen LogP contribution is -2.12. The van der Waals surface area contributed by atoms with Crippen molar-refractivity contribution in [2.75, 3.05) is 0 Å². The summed E-state index contributed by atoms with van der Waals surface area (Å²) in [7, 11) is 0. The fourth-order valence-corrected chi connectivity index (χ4v) is 10.4. The van der Waals surface area contributed by atoms with E-state index in [9.17, 15) is 76.4 Å². The zero-order chi connectivity index (χ0) is 57.0. The smallest absolute Gasteiger partial charge is 0.309 e. The number of nitriles is 2. The predicted molar refractivity (Wildman–Crippen MR) is 271 cm³/mol. The zero-order valence-electron chi connectivity index (χ0n) is 40.2. The van der Waals surface area contributed by atoms with E-state index < -0.39 is 69.8 Å². The van der Waals surface area contributed by atoms with E-state index in [0.717, 1.165) is 24.3 Å². The highest BCUT2D eigenvalue weighted by atomic mass is 19.4. The molecule has 0 aliphatic rings. The van der Waals surface area contributed by atoms with Gasteiger partial charge in [-0.05, 0) is 137 Å². The lowest BCUT2D eigenvalue weighted by atomic mass is 9.92. The molecular weight excluding hydrogens is 1070 g/mol. The van der Waals surface area contributed by atoms with Gasteiger partial charge in [-0.15, -0.1) is 0 Å². The topological polar surface area (TPSA) is 57.4 Å². The Labute approximate surface area is 441 Å². The molecule has 0 aliphatic carbocycles. The number of nitrogens with zero attached hydrogens (tertiary/aromatic N) is 4. The quantitative estimate of drug-likeness (QED) is 0.156. The van der Waals surface area contributed by atoms with Crippen molar-refractivity contribution in [3.63, 3.8) is 0 Å². The number of hydrogen-bond donors (Lipinski definition) is 0. The maximum atomic E-state index is 14.6. The van der Waals surface area contributed by atoms with Crippen LogP contribution in [0.3, 0.4) is 0 Å². The van der Waals surface area contributed by atoms with Crippen molar-refractivity contribution < 1.29 is 65.9 Å². The Bertz CT molecular complexity index is 4440. The van der Waals surface area contributed by atoms with Crippen molar-refractivity contribution >= 4 is 43.6 Å². The average molecular weight is 1100 g/mol. The molecule has 0 atom stereocenters. The number of rotatable bonds is 6. The molecule has 19 heteroatoms. The zero-order valence-corrected chi connectivity index (χ0v) is 40.2. The van der Waals surface area contributed by atoms with Gasteiger partial charge in [0.25, 0.3) is 0 Å². The van der Waals surface area contributed by atoms with E-state index in [4.69, 9.17) is 0 Å².